The van der Waals surface area contributed by atoms with Crippen molar-refractivity contribution < 1.29 is 0 Å². The van der Waals surface area contributed by atoms with Crippen molar-refractivity contribution in [1.29, 1.82) is 0 Å². The van der Waals surface area contributed by atoms with E-state index in [1.54, 1.807) is 0 Å². The van der Waals surface area contributed by atoms with Crippen LogP contribution in [-0.2, 0) is 6.54 Å². The van der Waals surface area contributed by atoms with Gasteiger partial charge in [-0.05, 0) is 39.7 Å². The highest BCUT2D eigenvalue weighted by Crippen LogP contribution is 2.27. The normalized spacial score (nSPS) is 25.1. The lowest BCUT2D eigenvalue weighted by atomic mass is 9.97. The minimum Gasteiger partial charge on any atom is -0.311 e. The van der Waals surface area contributed by atoms with Crippen molar-refractivity contribution in [2.75, 3.05) is 13.1 Å². The highest BCUT2D eigenvalue weighted by molar-refractivity contribution is 9.10. The molecular formula is C15H25BrN2S. The van der Waals surface area contributed by atoms with Gasteiger partial charge < -0.3 is 5.32 Å². The van der Waals surface area contributed by atoms with Gasteiger partial charge in [-0.25, -0.2) is 0 Å². The molecule has 108 valence electrons. The van der Waals surface area contributed by atoms with Crippen LogP contribution in [0.1, 0.15) is 38.5 Å². The van der Waals surface area contributed by atoms with Gasteiger partial charge in [0.05, 0.1) is 0 Å². The number of piperazine rings is 1. The van der Waals surface area contributed by atoms with E-state index in [4.69, 9.17) is 0 Å². The van der Waals surface area contributed by atoms with Crippen LogP contribution in [0, 0.1) is 5.92 Å². The Balaban J connectivity index is 2.05. The highest BCUT2D eigenvalue weighted by atomic mass is 79.9. The molecule has 2 unspecified atom stereocenters. The largest absolute Gasteiger partial charge is 0.311 e. The molecule has 1 saturated heterocycles. The standard InChI is InChI=1S/C15H25BrN2S/c1-4-5-12-9-18(14(8-17-12)11(2)3)10-15-13(16)6-7-19-15/h6-7,11-12,14,17H,4-5,8-10H2,1-3H3. The second-order valence-corrected chi connectivity index (χ2v) is 7.68. The van der Waals surface area contributed by atoms with E-state index in [9.17, 15) is 0 Å². The molecule has 0 aliphatic carbocycles. The summed E-state index contributed by atoms with van der Waals surface area (Å²) in [6.07, 6.45) is 2.55. The molecule has 19 heavy (non-hydrogen) atoms. The molecular weight excluding hydrogens is 320 g/mol. The van der Waals surface area contributed by atoms with Gasteiger partial charge in [-0.2, -0.15) is 0 Å². The number of hydrogen-bond donors (Lipinski definition) is 1. The van der Waals surface area contributed by atoms with Gasteiger partial charge >= 0.3 is 0 Å². The molecule has 0 amide bonds. The van der Waals surface area contributed by atoms with E-state index in [1.165, 1.54) is 28.7 Å². The van der Waals surface area contributed by atoms with Crippen molar-refractivity contribution in [2.24, 2.45) is 5.92 Å². The molecule has 2 heterocycles. The van der Waals surface area contributed by atoms with Crippen LogP contribution in [0.15, 0.2) is 15.9 Å². The van der Waals surface area contributed by atoms with Gasteiger partial charge in [0.2, 0.25) is 0 Å². The maximum Gasteiger partial charge on any atom is 0.0343 e. The van der Waals surface area contributed by atoms with Crippen LogP contribution in [0.4, 0.5) is 0 Å². The summed E-state index contributed by atoms with van der Waals surface area (Å²) >= 11 is 5.53. The lowest BCUT2D eigenvalue weighted by Gasteiger charge is -2.42. The molecule has 1 aromatic rings. The molecule has 2 nitrogen and oxygen atoms in total. The first-order valence-corrected chi connectivity index (χ1v) is 8.98. The summed E-state index contributed by atoms with van der Waals surface area (Å²) in [5.74, 6) is 0.703. The zero-order chi connectivity index (χ0) is 13.8. The zero-order valence-corrected chi connectivity index (χ0v) is 14.6. The third kappa shape index (κ3) is 4.03. The first-order chi connectivity index (χ1) is 9.11. The van der Waals surface area contributed by atoms with Crippen molar-refractivity contribution in [2.45, 2.75) is 52.2 Å². The van der Waals surface area contributed by atoms with Crippen LogP contribution in [0.3, 0.4) is 0 Å². The Morgan fingerprint density at radius 1 is 1.53 bits per heavy atom. The first-order valence-electron chi connectivity index (χ1n) is 7.31. The van der Waals surface area contributed by atoms with E-state index in [0.717, 1.165) is 13.1 Å². The molecule has 0 radical (unpaired) electrons. The molecule has 0 aromatic carbocycles. The highest BCUT2D eigenvalue weighted by Gasteiger charge is 2.29. The van der Waals surface area contributed by atoms with Crippen molar-refractivity contribution >= 4 is 27.3 Å². The topological polar surface area (TPSA) is 15.3 Å². The SMILES string of the molecule is CCCC1CN(Cc2sccc2Br)C(C(C)C)CN1. The van der Waals surface area contributed by atoms with E-state index in [2.05, 4.69) is 58.4 Å². The molecule has 1 aromatic heterocycles. The average molecular weight is 345 g/mol. The van der Waals surface area contributed by atoms with Gasteiger partial charge in [0.25, 0.3) is 0 Å². The summed E-state index contributed by atoms with van der Waals surface area (Å²) in [7, 11) is 0. The number of hydrogen-bond acceptors (Lipinski definition) is 3. The van der Waals surface area contributed by atoms with Gasteiger partial charge in [0, 0.05) is 41.1 Å². The number of halogens is 1. The fourth-order valence-corrected chi connectivity index (χ4v) is 4.41. The summed E-state index contributed by atoms with van der Waals surface area (Å²) in [5.41, 5.74) is 0. The van der Waals surface area contributed by atoms with Gasteiger partial charge in [0.15, 0.2) is 0 Å². The zero-order valence-electron chi connectivity index (χ0n) is 12.2. The molecule has 1 N–H and O–H groups in total. The Morgan fingerprint density at radius 2 is 2.32 bits per heavy atom. The van der Waals surface area contributed by atoms with Crippen molar-refractivity contribution in [1.82, 2.24) is 10.2 Å². The second kappa shape index (κ2) is 7.21. The maximum atomic E-state index is 3.73. The Hall–Kier alpha value is 0.1000. The fourth-order valence-electron chi connectivity index (χ4n) is 2.90. The quantitative estimate of drug-likeness (QED) is 0.864. The molecule has 1 aliphatic rings. The molecule has 0 bridgehead atoms. The summed E-state index contributed by atoms with van der Waals surface area (Å²) < 4.78 is 1.27. The summed E-state index contributed by atoms with van der Waals surface area (Å²) in [6.45, 7) is 10.3. The van der Waals surface area contributed by atoms with Crippen LogP contribution in [0.25, 0.3) is 0 Å². The fraction of sp³-hybridized carbons (Fsp3) is 0.733. The second-order valence-electron chi connectivity index (χ2n) is 5.83. The third-order valence-electron chi connectivity index (χ3n) is 3.98. The number of thiophene rings is 1. The molecule has 4 heteroatoms. The number of nitrogens with one attached hydrogen (secondary N) is 1. The Kier molecular flexibility index (Phi) is 5.87. The molecule has 2 atom stereocenters. The lowest BCUT2D eigenvalue weighted by Crippen LogP contribution is -2.57. The number of rotatable bonds is 5. The number of nitrogens with zero attached hydrogens (tertiary/aromatic N) is 1. The minimum atomic E-state index is 0.655. The summed E-state index contributed by atoms with van der Waals surface area (Å²) in [6, 6.07) is 3.48. The van der Waals surface area contributed by atoms with Crippen LogP contribution in [0.5, 0.6) is 0 Å². The maximum absolute atomic E-state index is 3.73. The first kappa shape index (κ1) is 15.5. The van der Waals surface area contributed by atoms with Crippen LogP contribution in [0.2, 0.25) is 0 Å². The smallest absolute Gasteiger partial charge is 0.0343 e. The van der Waals surface area contributed by atoms with Crippen LogP contribution >= 0.6 is 27.3 Å². The Bertz CT molecular complexity index is 391. The summed E-state index contributed by atoms with van der Waals surface area (Å²) in [5, 5.41) is 5.90. The van der Waals surface area contributed by atoms with E-state index < -0.39 is 0 Å². The van der Waals surface area contributed by atoms with Crippen molar-refractivity contribution in [3.8, 4) is 0 Å². The van der Waals surface area contributed by atoms with E-state index >= 15 is 0 Å². The predicted octanol–water partition coefficient (Wildman–Crippen LogP) is 4.11. The molecule has 0 spiro atoms. The summed E-state index contributed by atoms with van der Waals surface area (Å²) in [4.78, 5) is 4.14. The lowest BCUT2D eigenvalue weighted by molar-refractivity contribution is 0.0893. The molecule has 1 fully saturated rings. The molecule has 0 saturated carbocycles. The minimum absolute atomic E-state index is 0.655. The Labute approximate surface area is 129 Å². The predicted molar refractivity (Wildman–Crippen MR) is 87.8 cm³/mol. The molecule has 2 rings (SSSR count). The average Bonchev–Trinajstić information content (AvgIpc) is 2.75. The van der Waals surface area contributed by atoms with Gasteiger partial charge in [-0.15, -0.1) is 11.3 Å². The molecule has 1 aliphatic heterocycles. The van der Waals surface area contributed by atoms with Crippen LogP contribution in [-0.4, -0.2) is 30.1 Å². The van der Waals surface area contributed by atoms with E-state index in [0.29, 0.717) is 18.0 Å². The van der Waals surface area contributed by atoms with Gasteiger partial charge in [-0.3, -0.25) is 4.90 Å². The monoisotopic (exact) mass is 344 g/mol. The van der Waals surface area contributed by atoms with Gasteiger partial charge in [0.1, 0.15) is 0 Å². The van der Waals surface area contributed by atoms with Crippen molar-refractivity contribution in [3.63, 3.8) is 0 Å². The van der Waals surface area contributed by atoms with Gasteiger partial charge in [-0.1, -0.05) is 27.2 Å². The van der Waals surface area contributed by atoms with E-state index in [-0.39, 0.29) is 0 Å². The van der Waals surface area contributed by atoms with E-state index in [1.807, 2.05) is 11.3 Å². The van der Waals surface area contributed by atoms with Crippen LogP contribution < -0.4 is 5.32 Å². The Morgan fingerprint density at radius 3 is 2.89 bits per heavy atom. The van der Waals surface area contributed by atoms with Crippen molar-refractivity contribution in [3.05, 3.63) is 20.8 Å². The third-order valence-corrected chi connectivity index (χ3v) is 5.90.